The highest BCUT2D eigenvalue weighted by Crippen LogP contribution is 2.41. The lowest BCUT2D eigenvalue weighted by Crippen LogP contribution is -2.41. The molecule has 0 radical (unpaired) electrons. The number of aliphatic hydroxyl groups excluding tert-OH is 2. The van der Waals surface area contributed by atoms with Gasteiger partial charge in [0, 0.05) is 17.0 Å². The van der Waals surface area contributed by atoms with Crippen molar-refractivity contribution in [1.82, 2.24) is 0 Å². The van der Waals surface area contributed by atoms with Crippen molar-refractivity contribution in [3.63, 3.8) is 0 Å². The van der Waals surface area contributed by atoms with E-state index in [-0.39, 0.29) is 35.6 Å². The molecule has 2 N–H and O–H groups in total. The van der Waals surface area contributed by atoms with Gasteiger partial charge >= 0.3 is 5.97 Å². The molecule has 1 fully saturated rings. The van der Waals surface area contributed by atoms with Crippen LogP contribution in [0.2, 0.25) is 5.02 Å². The molecule has 8 nitrogen and oxygen atoms in total. The zero-order valence-electron chi connectivity index (χ0n) is 16.8. The fourth-order valence-electron chi connectivity index (χ4n) is 3.83. The molecule has 1 aliphatic carbocycles. The van der Waals surface area contributed by atoms with Crippen molar-refractivity contribution in [3.05, 3.63) is 46.3 Å². The van der Waals surface area contributed by atoms with Crippen LogP contribution in [-0.4, -0.2) is 67.7 Å². The van der Waals surface area contributed by atoms with Gasteiger partial charge in [-0.2, -0.15) is 0 Å². The highest BCUT2D eigenvalue weighted by atomic mass is 35.5. The Morgan fingerprint density at radius 1 is 1.29 bits per heavy atom. The van der Waals surface area contributed by atoms with E-state index in [1.165, 1.54) is 18.2 Å². The number of benzene rings is 1. The first-order chi connectivity index (χ1) is 14.6. The predicted octanol–water partition coefficient (Wildman–Crippen LogP) is 1.51. The second-order valence-electron chi connectivity index (χ2n) is 7.38. The third-order valence-electron chi connectivity index (χ3n) is 5.26. The molecule has 0 saturated carbocycles. The van der Waals surface area contributed by atoms with E-state index >= 15 is 0 Å². The normalized spacial score (nSPS) is 25.5. The van der Waals surface area contributed by atoms with E-state index in [2.05, 4.69) is 0 Å². The predicted molar refractivity (Wildman–Crippen MR) is 108 cm³/mol. The fraction of sp³-hybridized carbons (Fsp3) is 0.550. The Kier molecular flexibility index (Phi) is 7.39. The topological polar surface area (TPSA) is 119 Å². The maximum Gasteiger partial charge on any atom is 0.335 e. The number of hydrogen-bond acceptors (Lipinski definition) is 8. The van der Waals surface area contributed by atoms with Gasteiger partial charge in [-0.25, -0.2) is 17.6 Å². The lowest BCUT2D eigenvalue weighted by molar-refractivity contribution is -0.154. The zero-order valence-corrected chi connectivity index (χ0v) is 18.4. The molecule has 0 aromatic heterocycles. The fourth-order valence-corrected chi connectivity index (χ4v) is 5.91. The molecule has 1 heterocycles. The van der Waals surface area contributed by atoms with Crippen molar-refractivity contribution in [2.24, 2.45) is 0 Å². The molecule has 0 amide bonds. The van der Waals surface area contributed by atoms with Crippen LogP contribution in [0.4, 0.5) is 4.39 Å². The van der Waals surface area contributed by atoms with Gasteiger partial charge < -0.3 is 24.4 Å². The number of carbonyl (C=O) groups excluding carboxylic acids is 1. The molecule has 3 atom stereocenters. The lowest BCUT2D eigenvalue weighted by atomic mass is 9.94. The van der Waals surface area contributed by atoms with Crippen LogP contribution >= 0.6 is 11.6 Å². The molecule has 1 aliphatic heterocycles. The molecule has 31 heavy (non-hydrogen) atoms. The number of halogens is 2. The Balaban J connectivity index is 1.96. The largest absolute Gasteiger partial charge is 0.463 e. The van der Waals surface area contributed by atoms with Crippen molar-refractivity contribution in [2.45, 2.75) is 48.8 Å². The zero-order chi connectivity index (χ0) is 22.8. The highest BCUT2D eigenvalue weighted by Gasteiger charge is 2.51. The summed E-state index contributed by atoms with van der Waals surface area (Å²) in [6.07, 6.45) is -0.448. The van der Waals surface area contributed by atoms with Gasteiger partial charge in [0.05, 0.1) is 36.4 Å². The average Bonchev–Trinajstić information content (AvgIpc) is 3.07. The van der Waals surface area contributed by atoms with Gasteiger partial charge in [-0.05, 0) is 37.6 Å². The second kappa shape index (κ2) is 9.51. The van der Waals surface area contributed by atoms with Crippen LogP contribution in [0.1, 0.15) is 25.3 Å². The maximum absolute atomic E-state index is 14.1. The summed E-state index contributed by atoms with van der Waals surface area (Å²) in [5.41, 5.74) is -0.295. The van der Waals surface area contributed by atoms with Gasteiger partial charge in [-0.3, -0.25) is 0 Å². The van der Waals surface area contributed by atoms with E-state index in [0.717, 1.165) is 6.07 Å². The third kappa shape index (κ3) is 5.10. The standard InChI is InChI=1S/C20H24ClFO8S/c1-2-28-19(25)14-8-20(29-16(9-23)17(10-24)30-20)6-5-18(14)31(26,27)11-12-7-13(21)3-4-15(12)22/h3-4,7-8,16-18,23-24H,2,5-6,9-11H2,1H3/t16-,17-,18?/m1/s1. The molecule has 2 aliphatic rings. The third-order valence-corrected chi connectivity index (χ3v) is 7.57. The van der Waals surface area contributed by atoms with Crippen LogP contribution in [0.15, 0.2) is 29.8 Å². The van der Waals surface area contributed by atoms with Gasteiger partial charge in [0.15, 0.2) is 15.6 Å². The van der Waals surface area contributed by atoms with E-state index in [1.54, 1.807) is 6.92 Å². The van der Waals surface area contributed by atoms with Crippen molar-refractivity contribution in [2.75, 3.05) is 19.8 Å². The summed E-state index contributed by atoms with van der Waals surface area (Å²) in [5, 5.41) is 17.8. The minimum atomic E-state index is -4.05. The summed E-state index contributed by atoms with van der Waals surface area (Å²) in [4.78, 5) is 12.6. The first-order valence-electron chi connectivity index (χ1n) is 9.77. The van der Waals surface area contributed by atoms with Crippen LogP contribution in [-0.2, 0) is 34.6 Å². The van der Waals surface area contributed by atoms with Crippen molar-refractivity contribution < 1.29 is 42.0 Å². The molecular formula is C20H24ClFO8S. The molecule has 11 heteroatoms. The number of rotatable bonds is 7. The van der Waals surface area contributed by atoms with Crippen LogP contribution in [0.25, 0.3) is 0 Å². The Hall–Kier alpha value is -1.56. The summed E-state index contributed by atoms with van der Waals surface area (Å²) in [6.45, 7) is 0.740. The van der Waals surface area contributed by atoms with E-state index in [1.807, 2.05) is 0 Å². The molecular weight excluding hydrogens is 455 g/mol. The van der Waals surface area contributed by atoms with E-state index < -0.39 is 63.8 Å². The SMILES string of the molecule is CCOC(=O)C1=CC2(CCC1S(=O)(=O)Cc1cc(Cl)ccc1F)O[C@H](CO)[C@@H](CO)O2. The van der Waals surface area contributed by atoms with Crippen LogP contribution < -0.4 is 0 Å². The van der Waals surface area contributed by atoms with E-state index in [0.29, 0.717) is 0 Å². The summed E-state index contributed by atoms with van der Waals surface area (Å²) in [5.74, 6) is -3.72. The molecule has 1 aromatic carbocycles. The molecule has 1 unspecified atom stereocenters. The summed E-state index contributed by atoms with van der Waals surface area (Å²) in [7, 11) is -4.05. The number of carbonyl (C=O) groups is 1. The number of ether oxygens (including phenoxy) is 3. The summed E-state index contributed by atoms with van der Waals surface area (Å²) in [6, 6.07) is 3.62. The van der Waals surface area contributed by atoms with Gasteiger partial charge in [0.1, 0.15) is 18.0 Å². The second-order valence-corrected chi connectivity index (χ2v) is 10.00. The van der Waals surface area contributed by atoms with E-state index in [4.69, 9.17) is 25.8 Å². The monoisotopic (exact) mass is 478 g/mol. The first kappa shape index (κ1) is 24.1. The van der Waals surface area contributed by atoms with Crippen LogP contribution in [0.3, 0.4) is 0 Å². The maximum atomic E-state index is 14.1. The number of hydrogen-bond donors (Lipinski definition) is 2. The van der Waals surface area contributed by atoms with Gasteiger partial charge in [0.25, 0.3) is 0 Å². The lowest BCUT2D eigenvalue weighted by Gasteiger charge is -2.33. The highest BCUT2D eigenvalue weighted by molar-refractivity contribution is 7.91. The van der Waals surface area contributed by atoms with Gasteiger partial charge in [-0.15, -0.1) is 0 Å². The Bertz CT molecular complexity index is 952. The summed E-state index contributed by atoms with van der Waals surface area (Å²) >= 11 is 5.87. The molecule has 3 rings (SSSR count). The Labute approximate surface area is 184 Å². The molecule has 1 spiro atoms. The van der Waals surface area contributed by atoms with Gasteiger partial charge in [-0.1, -0.05) is 11.6 Å². The number of sulfone groups is 1. The van der Waals surface area contributed by atoms with E-state index in [9.17, 15) is 27.8 Å². The van der Waals surface area contributed by atoms with Crippen LogP contribution in [0, 0.1) is 5.82 Å². The van der Waals surface area contributed by atoms with Crippen LogP contribution in [0.5, 0.6) is 0 Å². The minimum absolute atomic E-state index is 0.0130. The Morgan fingerprint density at radius 2 is 1.94 bits per heavy atom. The number of aliphatic hydroxyl groups is 2. The van der Waals surface area contributed by atoms with Crippen molar-refractivity contribution >= 4 is 27.4 Å². The molecule has 0 bridgehead atoms. The first-order valence-corrected chi connectivity index (χ1v) is 11.9. The average molecular weight is 479 g/mol. The minimum Gasteiger partial charge on any atom is -0.463 e. The van der Waals surface area contributed by atoms with Crippen molar-refractivity contribution in [3.8, 4) is 0 Å². The molecule has 1 saturated heterocycles. The Morgan fingerprint density at radius 3 is 2.52 bits per heavy atom. The van der Waals surface area contributed by atoms with Gasteiger partial charge in [0.2, 0.25) is 0 Å². The molecule has 1 aromatic rings. The smallest absolute Gasteiger partial charge is 0.335 e. The summed E-state index contributed by atoms with van der Waals surface area (Å²) < 4.78 is 56.9. The quantitative estimate of drug-likeness (QED) is 0.566. The molecule has 172 valence electrons. The van der Waals surface area contributed by atoms with Crippen molar-refractivity contribution in [1.29, 1.82) is 0 Å². The number of esters is 1.